The minimum atomic E-state index is 0.0465. The fourth-order valence-corrected chi connectivity index (χ4v) is 5.42. The SMILES string of the molecule is N#Cc1nc2c(nc1N)N(c1ccc3ccccc3c1)c1nc3ccccc3nc1N2c1ccc2ccccc2c1. The van der Waals surface area contributed by atoms with Crippen LogP contribution in [0.25, 0.3) is 32.6 Å². The van der Waals surface area contributed by atoms with Crippen LogP contribution in [0.2, 0.25) is 0 Å². The van der Waals surface area contributed by atoms with E-state index in [1.807, 2.05) is 70.5 Å². The summed E-state index contributed by atoms with van der Waals surface area (Å²) in [6.07, 6.45) is 0. The van der Waals surface area contributed by atoms with Gasteiger partial charge in [0.2, 0.25) is 0 Å². The molecule has 41 heavy (non-hydrogen) atoms. The summed E-state index contributed by atoms with van der Waals surface area (Å²) in [4.78, 5) is 23.6. The molecule has 0 unspecified atom stereocenters. The summed E-state index contributed by atoms with van der Waals surface area (Å²) >= 11 is 0. The van der Waals surface area contributed by atoms with E-state index in [0.717, 1.165) is 44.0 Å². The molecule has 2 N–H and O–H groups in total. The Morgan fingerprint density at radius 2 is 0.951 bits per heavy atom. The molecule has 8 nitrogen and oxygen atoms in total. The Hall–Kier alpha value is -6.07. The van der Waals surface area contributed by atoms with Crippen LogP contribution in [-0.4, -0.2) is 19.9 Å². The number of hydrogen-bond donors (Lipinski definition) is 1. The third kappa shape index (κ3) is 3.53. The maximum Gasteiger partial charge on any atom is 0.185 e. The molecule has 0 fully saturated rings. The molecule has 7 aromatic rings. The molecule has 0 saturated heterocycles. The first-order chi connectivity index (χ1) is 20.2. The zero-order valence-electron chi connectivity index (χ0n) is 21.6. The average Bonchev–Trinajstić information content (AvgIpc) is 3.02. The van der Waals surface area contributed by atoms with Crippen LogP contribution in [0, 0.1) is 11.3 Å². The van der Waals surface area contributed by atoms with E-state index in [9.17, 15) is 5.26 Å². The van der Waals surface area contributed by atoms with E-state index in [2.05, 4.69) is 54.6 Å². The first-order valence-corrected chi connectivity index (χ1v) is 13.1. The molecule has 5 aromatic carbocycles. The van der Waals surface area contributed by atoms with Crippen LogP contribution < -0.4 is 15.5 Å². The topological polar surface area (TPSA) is 108 Å². The molecule has 8 rings (SSSR count). The molecule has 1 aliphatic heterocycles. The Morgan fingerprint density at radius 3 is 1.46 bits per heavy atom. The van der Waals surface area contributed by atoms with Crippen molar-refractivity contribution < 1.29 is 0 Å². The lowest BCUT2D eigenvalue weighted by Gasteiger charge is -2.37. The van der Waals surface area contributed by atoms with Crippen LogP contribution in [0.4, 0.5) is 40.5 Å². The molecular formula is C33H20N8. The summed E-state index contributed by atoms with van der Waals surface area (Å²) in [7, 11) is 0. The first-order valence-electron chi connectivity index (χ1n) is 13.1. The summed E-state index contributed by atoms with van der Waals surface area (Å²) in [5, 5.41) is 14.2. The van der Waals surface area contributed by atoms with Gasteiger partial charge in [0.25, 0.3) is 0 Å². The van der Waals surface area contributed by atoms with Gasteiger partial charge >= 0.3 is 0 Å². The number of para-hydroxylation sites is 2. The minimum Gasteiger partial charge on any atom is -0.381 e. The van der Waals surface area contributed by atoms with Crippen LogP contribution in [0.3, 0.4) is 0 Å². The second-order valence-corrected chi connectivity index (χ2v) is 9.81. The van der Waals surface area contributed by atoms with E-state index >= 15 is 0 Å². The third-order valence-corrected chi connectivity index (χ3v) is 7.36. The lowest BCUT2D eigenvalue weighted by Crippen LogP contribution is -2.28. The number of anilines is 7. The summed E-state index contributed by atoms with van der Waals surface area (Å²) in [5.41, 5.74) is 9.45. The van der Waals surface area contributed by atoms with Gasteiger partial charge in [-0.05, 0) is 57.9 Å². The second-order valence-electron chi connectivity index (χ2n) is 9.81. The van der Waals surface area contributed by atoms with E-state index in [0.29, 0.717) is 23.3 Å². The second kappa shape index (κ2) is 8.73. The number of rotatable bonds is 2. The van der Waals surface area contributed by atoms with Crippen LogP contribution in [0.15, 0.2) is 109 Å². The van der Waals surface area contributed by atoms with E-state index in [1.54, 1.807) is 0 Å². The Bertz CT molecular complexity index is 2220. The highest BCUT2D eigenvalue weighted by molar-refractivity contribution is 6.01. The standard InChI is InChI=1S/C33H20N8/c34-19-28-29(35)39-33-32(38-28)40(24-15-13-20-7-1-3-9-22(20)17-24)30-31(37-27-12-6-5-11-26(27)36-30)41(33)25-16-14-21-8-2-4-10-23(21)18-25/h1-18H,(H2,35,39). The van der Waals surface area contributed by atoms with Gasteiger partial charge in [-0.3, -0.25) is 9.80 Å². The fourth-order valence-electron chi connectivity index (χ4n) is 5.42. The van der Waals surface area contributed by atoms with Crippen molar-refractivity contribution in [3.05, 3.63) is 115 Å². The number of fused-ring (bicyclic) bond motifs is 5. The van der Waals surface area contributed by atoms with Crippen molar-refractivity contribution in [1.82, 2.24) is 19.9 Å². The van der Waals surface area contributed by atoms with Gasteiger partial charge in [0.05, 0.1) is 11.0 Å². The van der Waals surface area contributed by atoms with Crippen LogP contribution in [0.5, 0.6) is 0 Å². The van der Waals surface area contributed by atoms with Crippen molar-refractivity contribution in [3.8, 4) is 6.07 Å². The zero-order chi connectivity index (χ0) is 27.5. The lowest BCUT2D eigenvalue weighted by molar-refractivity contribution is 1.00. The lowest BCUT2D eigenvalue weighted by atomic mass is 10.1. The highest BCUT2D eigenvalue weighted by Crippen LogP contribution is 2.52. The van der Waals surface area contributed by atoms with Gasteiger partial charge in [0.15, 0.2) is 34.8 Å². The average molecular weight is 529 g/mol. The van der Waals surface area contributed by atoms with Crippen molar-refractivity contribution in [3.63, 3.8) is 0 Å². The fraction of sp³-hybridized carbons (Fsp3) is 0. The highest BCUT2D eigenvalue weighted by atomic mass is 15.4. The molecule has 1 aliphatic rings. The normalized spacial score (nSPS) is 12.4. The summed E-state index contributed by atoms with van der Waals surface area (Å²) in [5.74, 6) is 2.10. The van der Waals surface area contributed by atoms with E-state index in [4.69, 9.17) is 25.7 Å². The van der Waals surface area contributed by atoms with Crippen molar-refractivity contribution in [1.29, 1.82) is 5.26 Å². The molecule has 0 radical (unpaired) electrons. The largest absolute Gasteiger partial charge is 0.381 e. The molecule has 192 valence electrons. The quantitative estimate of drug-likeness (QED) is 0.247. The molecule has 0 amide bonds. The van der Waals surface area contributed by atoms with Gasteiger partial charge in [-0.1, -0.05) is 72.8 Å². The molecule has 0 atom stereocenters. The van der Waals surface area contributed by atoms with Gasteiger partial charge in [0, 0.05) is 11.4 Å². The van der Waals surface area contributed by atoms with Crippen LogP contribution in [-0.2, 0) is 0 Å². The van der Waals surface area contributed by atoms with E-state index in [1.165, 1.54) is 0 Å². The Labute approximate surface area is 234 Å². The predicted molar refractivity (Wildman–Crippen MR) is 162 cm³/mol. The first kappa shape index (κ1) is 22.9. The van der Waals surface area contributed by atoms with E-state index < -0.39 is 0 Å². The Balaban J connectivity index is 1.47. The molecule has 0 bridgehead atoms. The van der Waals surface area contributed by atoms with Gasteiger partial charge in [-0.25, -0.2) is 19.9 Å². The van der Waals surface area contributed by atoms with Crippen LogP contribution in [0.1, 0.15) is 5.69 Å². The molecule has 3 heterocycles. The number of nitriles is 1. The van der Waals surface area contributed by atoms with Crippen LogP contribution >= 0.6 is 0 Å². The molecule has 0 saturated carbocycles. The van der Waals surface area contributed by atoms with Crippen molar-refractivity contribution in [2.45, 2.75) is 0 Å². The summed E-state index contributed by atoms with van der Waals surface area (Å²) in [6, 6.07) is 38.5. The number of nitrogens with two attached hydrogens (primary N) is 1. The Kier molecular flexibility index (Phi) is 4.87. The maximum absolute atomic E-state index is 9.86. The number of hydrogen-bond acceptors (Lipinski definition) is 8. The number of nitrogen functional groups attached to an aromatic ring is 1. The van der Waals surface area contributed by atoms with Gasteiger partial charge in [-0.15, -0.1) is 0 Å². The monoisotopic (exact) mass is 528 g/mol. The summed E-state index contributed by atoms with van der Waals surface area (Å²) in [6.45, 7) is 0. The Morgan fingerprint density at radius 1 is 0.512 bits per heavy atom. The molecule has 2 aromatic heterocycles. The highest BCUT2D eigenvalue weighted by Gasteiger charge is 2.37. The smallest absolute Gasteiger partial charge is 0.185 e. The molecule has 8 heteroatoms. The van der Waals surface area contributed by atoms with Gasteiger partial charge < -0.3 is 5.73 Å². The number of nitrogens with zero attached hydrogens (tertiary/aromatic N) is 7. The van der Waals surface area contributed by atoms with Crippen molar-refractivity contribution >= 4 is 73.0 Å². The third-order valence-electron chi connectivity index (χ3n) is 7.36. The number of aromatic nitrogens is 4. The van der Waals surface area contributed by atoms with Gasteiger partial charge in [-0.2, -0.15) is 5.26 Å². The molecule has 0 aliphatic carbocycles. The maximum atomic E-state index is 9.86. The minimum absolute atomic E-state index is 0.0465. The molecular weight excluding hydrogens is 508 g/mol. The van der Waals surface area contributed by atoms with Crippen molar-refractivity contribution in [2.24, 2.45) is 0 Å². The van der Waals surface area contributed by atoms with E-state index in [-0.39, 0.29) is 11.5 Å². The number of benzene rings is 5. The molecule has 0 spiro atoms. The van der Waals surface area contributed by atoms with Crippen molar-refractivity contribution in [2.75, 3.05) is 15.5 Å². The predicted octanol–water partition coefficient (Wildman–Crippen LogP) is 7.43. The zero-order valence-corrected chi connectivity index (χ0v) is 21.6. The summed E-state index contributed by atoms with van der Waals surface area (Å²) < 4.78 is 0. The van der Waals surface area contributed by atoms with Gasteiger partial charge in [0.1, 0.15) is 6.07 Å².